The van der Waals surface area contributed by atoms with E-state index in [2.05, 4.69) is 16.0 Å². The zero-order chi connectivity index (χ0) is 23.8. The minimum Gasteiger partial charge on any atom is -0.465 e. The van der Waals surface area contributed by atoms with Crippen molar-refractivity contribution in [3.63, 3.8) is 0 Å². The maximum absolute atomic E-state index is 13.1. The number of carboxylic acid groups (broad SMARTS) is 1. The van der Waals surface area contributed by atoms with Crippen LogP contribution in [-0.4, -0.2) is 47.8 Å². The van der Waals surface area contributed by atoms with Gasteiger partial charge in [0.1, 0.15) is 0 Å². The van der Waals surface area contributed by atoms with Crippen LogP contribution in [0.1, 0.15) is 29.5 Å². The van der Waals surface area contributed by atoms with Crippen molar-refractivity contribution < 1.29 is 27.9 Å². The Morgan fingerprint density at radius 1 is 1.00 bits per heavy atom. The molecule has 1 heterocycles. The Bertz CT molecular complexity index is 943. The van der Waals surface area contributed by atoms with Gasteiger partial charge in [0, 0.05) is 37.9 Å². The third-order valence-corrected chi connectivity index (χ3v) is 5.55. The van der Waals surface area contributed by atoms with Crippen LogP contribution in [0.4, 0.5) is 28.4 Å². The van der Waals surface area contributed by atoms with Gasteiger partial charge < -0.3 is 26.0 Å². The van der Waals surface area contributed by atoms with E-state index < -0.39 is 17.8 Å². The van der Waals surface area contributed by atoms with Crippen molar-refractivity contribution in [1.29, 1.82) is 0 Å². The van der Waals surface area contributed by atoms with Crippen molar-refractivity contribution in [1.82, 2.24) is 15.5 Å². The van der Waals surface area contributed by atoms with E-state index in [1.165, 1.54) is 18.2 Å². The number of alkyl halides is 3. The number of carbonyl (C=O) groups is 2. The lowest BCUT2D eigenvalue weighted by molar-refractivity contribution is -0.138. The first kappa shape index (κ1) is 24.2. The normalized spacial score (nSPS) is 14.6. The molecule has 33 heavy (non-hydrogen) atoms. The van der Waals surface area contributed by atoms with Gasteiger partial charge in [-0.05, 0) is 48.6 Å². The van der Waals surface area contributed by atoms with Gasteiger partial charge in [-0.15, -0.1) is 0 Å². The van der Waals surface area contributed by atoms with E-state index in [9.17, 15) is 22.8 Å². The molecule has 1 fully saturated rings. The number of nitrogens with one attached hydrogen (secondary N) is 3. The number of benzene rings is 2. The highest BCUT2D eigenvalue weighted by molar-refractivity contribution is 5.74. The highest BCUT2D eigenvalue weighted by Gasteiger charge is 2.33. The van der Waals surface area contributed by atoms with Crippen LogP contribution in [-0.2, 0) is 19.1 Å². The van der Waals surface area contributed by atoms with Gasteiger partial charge in [0.15, 0.2) is 0 Å². The lowest BCUT2D eigenvalue weighted by Gasteiger charge is -2.33. The van der Waals surface area contributed by atoms with E-state index in [4.69, 9.17) is 5.11 Å². The predicted molar refractivity (Wildman–Crippen MR) is 118 cm³/mol. The van der Waals surface area contributed by atoms with Crippen molar-refractivity contribution in [3.05, 3.63) is 65.2 Å². The van der Waals surface area contributed by atoms with Crippen LogP contribution in [0.15, 0.2) is 48.5 Å². The van der Waals surface area contributed by atoms with Gasteiger partial charge in [0.2, 0.25) is 0 Å². The summed E-state index contributed by atoms with van der Waals surface area (Å²) in [5.41, 5.74) is 1.26. The number of anilines is 1. The molecule has 4 N–H and O–H groups in total. The van der Waals surface area contributed by atoms with Crippen LogP contribution >= 0.6 is 0 Å². The van der Waals surface area contributed by atoms with Crippen molar-refractivity contribution in [2.24, 2.45) is 0 Å². The fourth-order valence-corrected chi connectivity index (χ4v) is 3.78. The monoisotopic (exact) mass is 464 g/mol. The molecule has 0 spiro atoms. The smallest absolute Gasteiger partial charge is 0.416 e. The Hall–Kier alpha value is -3.43. The summed E-state index contributed by atoms with van der Waals surface area (Å²) in [4.78, 5) is 24.5. The molecule has 178 valence electrons. The van der Waals surface area contributed by atoms with Gasteiger partial charge in [0.25, 0.3) is 0 Å². The molecule has 3 rings (SSSR count). The number of hydrogen-bond acceptors (Lipinski definition) is 3. The molecule has 1 aliphatic heterocycles. The first-order valence-electron chi connectivity index (χ1n) is 10.7. The number of halogens is 3. The third-order valence-electron chi connectivity index (χ3n) is 5.55. The second-order valence-corrected chi connectivity index (χ2v) is 7.90. The maximum Gasteiger partial charge on any atom is 0.416 e. The Balaban J connectivity index is 1.43. The molecule has 2 aromatic rings. The highest BCUT2D eigenvalue weighted by Crippen LogP contribution is 2.31. The SMILES string of the molecule is O=C(O)NCCc1ccc(NC2CCN(C(=O)NCc3ccccc3C(F)(F)F)CC2)cc1. The van der Waals surface area contributed by atoms with E-state index in [0.29, 0.717) is 26.1 Å². The van der Waals surface area contributed by atoms with Crippen molar-refractivity contribution in [3.8, 4) is 0 Å². The van der Waals surface area contributed by atoms with Crippen LogP contribution in [0.5, 0.6) is 0 Å². The maximum atomic E-state index is 13.1. The Kier molecular flexibility index (Phi) is 8.02. The quantitative estimate of drug-likeness (QED) is 0.492. The third kappa shape index (κ3) is 7.30. The number of nitrogens with zero attached hydrogens (tertiary/aromatic N) is 1. The van der Waals surface area contributed by atoms with E-state index >= 15 is 0 Å². The van der Waals surface area contributed by atoms with Crippen molar-refractivity contribution in [2.75, 3.05) is 25.0 Å². The Morgan fingerprint density at radius 3 is 2.30 bits per heavy atom. The van der Waals surface area contributed by atoms with Crippen LogP contribution in [0.2, 0.25) is 0 Å². The van der Waals surface area contributed by atoms with Crippen LogP contribution in [0, 0.1) is 0 Å². The summed E-state index contributed by atoms with van der Waals surface area (Å²) in [5.74, 6) is 0. The number of rotatable bonds is 7. The van der Waals surface area contributed by atoms with E-state index in [0.717, 1.165) is 30.2 Å². The van der Waals surface area contributed by atoms with Crippen molar-refractivity contribution >= 4 is 17.8 Å². The standard InChI is InChI=1S/C23H27F3N4O3/c24-23(25,26)20-4-2-1-3-17(20)15-28-21(31)30-13-10-19(11-14-30)29-18-7-5-16(6-8-18)9-12-27-22(32)33/h1-8,19,27,29H,9-15H2,(H,28,31)(H,32,33). The number of piperidine rings is 1. The summed E-state index contributed by atoms with van der Waals surface area (Å²) in [5, 5.41) is 17.0. The molecule has 2 aromatic carbocycles. The number of carbonyl (C=O) groups excluding carboxylic acids is 1. The molecule has 0 unspecified atom stereocenters. The molecule has 0 saturated carbocycles. The van der Waals surface area contributed by atoms with Gasteiger partial charge >= 0.3 is 18.3 Å². The van der Waals surface area contributed by atoms with Gasteiger partial charge in [0.05, 0.1) is 5.56 Å². The second kappa shape index (κ2) is 10.9. The summed E-state index contributed by atoms with van der Waals surface area (Å²) >= 11 is 0. The first-order valence-corrected chi connectivity index (χ1v) is 10.7. The van der Waals surface area contributed by atoms with Crippen molar-refractivity contribution in [2.45, 2.75) is 38.0 Å². The Labute approximate surface area is 190 Å². The number of likely N-dealkylation sites (tertiary alicyclic amines) is 1. The molecular formula is C23H27F3N4O3. The molecule has 0 aliphatic carbocycles. The largest absolute Gasteiger partial charge is 0.465 e. The molecule has 10 heteroatoms. The second-order valence-electron chi connectivity index (χ2n) is 7.90. The van der Waals surface area contributed by atoms with Gasteiger partial charge in [-0.25, -0.2) is 9.59 Å². The summed E-state index contributed by atoms with van der Waals surface area (Å²) < 4.78 is 39.3. The van der Waals surface area contributed by atoms with E-state index in [1.807, 2.05) is 24.3 Å². The summed E-state index contributed by atoms with van der Waals surface area (Å²) in [7, 11) is 0. The van der Waals surface area contributed by atoms with Gasteiger partial charge in [-0.2, -0.15) is 13.2 Å². The fourth-order valence-electron chi connectivity index (χ4n) is 3.78. The van der Waals surface area contributed by atoms with E-state index in [1.54, 1.807) is 4.90 Å². The minimum absolute atomic E-state index is 0.0390. The molecule has 7 nitrogen and oxygen atoms in total. The molecular weight excluding hydrogens is 437 g/mol. The highest BCUT2D eigenvalue weighted by atomic mass is 19.4. The van der Waals surface area contributed by atoms with E-state index in [-0.39, 0.29) is 24.2 Å². The summed E-state index contributed by atoms with van der Waals surface area (Å²) in [6.45, 7) is 1.18. The molecule has 0 aromatic heterocycles. The number of amides is 3. The lowest BCUT2D eigenvalue weighted by atomic mass is 10.0. The summed E-state index contributed by atoms with van der Waals surface area (Å²) in [6, 6.07) is 12.8. The topological polar surface area (TPSA) is 93.7 Å². The fraction of sp³-hybridized carbons (Fsp3) is 0.391. The molecule has 3 amide bonds. The zero-order valence-electron chi connectivity index (χ0n) is 18.0. The van der Waals surface area contributed by atoms with Crippen LogP contribution in [0.3, 0.4) is 0 Å². The molecule has 0 atom stereocenters. The average molecular weight is 464 g/mol. The number of hydrogen-bond donors (Lipinski definition) is 4. The van der Waals surface area contributed by atoms with Gasteiger partial charge in [-0.3, -0.25) is 0 Å². The minimum atomic E-state index is -4.46. The Morgan fingerprint density at radius 2 is 1.67 bits per heavy atom. The van der Waals surface area contributed by atoms with Crippen LogP contribution in [0.25, 0.3) is 0 Å². The molecule has 1 saturated heterocycles. The zero-order valence-corrected chi connectivity index (χ0v) is 18.0. The predicted octanol–water partition coefficient (Wildman–Crippen LogP) is 4.30. The summed E-state index contributed by atoms with van der Waals surface area (Å²) in [6.07, 6.45) is -3.46. The van der Waals surface area contributed by atoms with Gasteiger partial charge in [-0.1, -0.05) is 30.3 Å². The molecule has 0 radical (unpaired) electrons. The number of urea groups is 1. The van der Waals surface area contributed by atoms with Crippen LogP contribution < -0.4 is 16.0 Å². The lowest BCUT2D eigenvalue weighted by Crippen LogP contribution is -2.46. The average Bonchev–Trinajstić information content (AvgIpc) is 2.78. The first-order chi connectivity index (χ1) is 15.7. The molecule has 0 bridgehead atoms. The molecule has 1 aliphatic rings.